The first kappa shape index (κ1) is 8.76. The summed E-state index contributed by atoms with van der Waals surface area (Å²) in [5, 5.41) is 0. The highest BCUT2D eigenvalue weighted by Gasteiger charge is 2.30. The molecule has 0 amide bonds. The predicted molar refractivity (Wildman–Crippen MR) is 55.4 cm³/mol. The van der Waals surface area contributed by atoms with Crippen molar-refractivity contribution in [3.63, 3.8) is 0 Å². The van der Waals surface area contributed by atoms with E-state index in [-0.39, 0.29) is 0 Å². The third-order valence-corrected chi connectivity index (χ3v) is 3.88. The van der Waals surface area contributed by atoms with Crippen LogP contribution >= 0.6 is 15.9 Å². The SMILES string of the molecule is CN1CCC[C@@H]2CC(Br)=CC[C@@H]21. The first-order chi connectivity index (χ1) is 5.77. The van der Waals surface area contributed by atoms with Crippen LogP contribution in [-0.4, -0.2) is 24.5 Å². The molecule has 0 aromatic carbocycles. The van der Waals surface area contributed by atoms with E-state index < -0.39 is 0 Å². The van der Waals surface area contributed by atoms with Crippen LogP contribution in [-0.2, 0) is 0 Å². The Labute approximate surface area is 82.9 Å². The molecule has 2 heteroatoms. The molecule has 0 aromatic rings. The fourth-order valence-electron chi connectivity index (χ4n) is 2.51. The molecule has 1 heterocycles. The van der Waals surface area contributed by atoms with Crippen LogP contribution in [0.25, 0.3) is 0 Å². The summed E-state index contributed by atoms with van der Waals surface area (Å²) in [6.07, 6.45) is 7.69. The topological polar surface area (TPSA) is 3.24 Å². The fraction of sp³-hybridized carbons (Fsp3) is 0.800. The van der Waals surface area contributed by atoms with Gasteiger partial charge in [0.2, 0.25) is 0 Å². The Morgan fingerprint density at radius 1 is 1.58 bits per heavy atom. The normalized spacial score (nSPS) is 37.3. The summed E-state index contributed by atoms with van der Waals surface area (Å²) in [7, 11) is 2.27. The maximum Gasteiger partial charge on any atom is 0.0159 e. The largest absolute Gasteiger partial charge is 0.303 e. The number of allylic oxidation sites excluding steroid dienone is 1. The predicted octanol–water partition coefficient (Wildman–Crippen LogP) is 2.77. The van der Waals surface area contributed by atoms with Crippen LogP contribution < -0.4 is 0 Å². The van der Waals surface area contributed by atoms with Gasteiger partial charge in [0.05, 0.1) is 0 Å². The van der Waals surface area contributed by atoms with E-state index in [0.717, 1.165) is 12.0 Å². The number of nitrogens with zero attached hydrogens (tertiary/aromatic N) is 1. The van der Waals surface area contributed by atoms with Crippen molar-refractivity contribution in [3.05, 3.63) is 10.6 Å². The monoisotopic (exact) mass is 229 g/mol. The Kier molecular flexibility index (Phi) is 2.56. The Balaban J connectivity index is 2.09. The van der Waals surface area contributed by atoms with E-state index >= 15 is 0 Å². The lowest BCUT2D eigenvalue weighted by atomic mass is 9.82. The van der Waals surface area contributed by atoms with E-state index in [0.29, 0.717) is 0 Å². The van der Waals surface area contributed by atoms with E-state index in [1.54, 1.807) is 0 Å². The Morgan fingerprint density at radius 2 is 2.42 bits per heavy atom. The van der Waals surface area contributed by atoms with E-state index in [4.69, 9.17) is 0 Å². The zero-order valence-electron chi connectivity index (χ0n) is 7.59. The van der Waals surface area contributed by atoms with Gasteiger partial charge in [-0.2, -0.15) is 0 Å². The quantitative estimate of drug-likeness (QED) is 0.618. The molecule has 12 heavy (non-hydrogen) atoms. The lowest BCUT2D eigenvalue weighted by Gasteiger charge is -2.41. The summed E-state index contributed by atoms with van der Waals surface area (Å²) < 4.78 is 1.43. The number of likely N-dealkylation sites (tertiary alicyclic amines) is 1. The molecule has 0 radical (unpaired) electrons. The molecule has 2 atom stereocenters. The maximum absolute atomic E-state index is 3.61. The highest BCUT2D eigenvalue weighted by Crippen LogP contribution is 2.36. The average Bonchev–Trinajstić information content (AvgIpc) is 2.04. The van der Waals surface area contributed by atoms with Crippen molar-refractivity contribution in [2.75, 3.05) is 13.6 Å². The van der Waals surface area contributed by atoms with Gasteiger partial charge >= 0.3 is 0 Å². The number of piperidine rings is 1. The molecular weight excluding hydrogens is 214 g/mol. The lowest BCUT2D eigenvalue weighted by molar-refractivity contribution is 0.118. The van der Waals surface area contributed by atoms with E-state index in [1.165, 1.54) is 36.7 Å². The molecule has 1 aliphatic carbocycles. The van der Waals surface area contributed by atoms with E-state index in [2.05, 4.69) is 34.0 Å². The summed E-state index contributed by atoms with van der Waals surface area (Å²) in [6, 6.07) is 0.833. The van der Waals surface area contributed by atoms with Gasteiger partial charge in [-0.15, -0.1) is 0 Å². The van der Waals surface area contributed by atoms with Crippen molar-refractivity contribution in [1.82, 2.24) is 4.90 Å². The molecule has 0 aromatic heterocycles. The van der Waals surface area contributed by atoms with Crippen molar-refractivity contribution in [2.24, 2.45) is 5.92 Å². The van der Waals surface area contributed by atoms with Gasteiger partial charge in [0.25, 0.3) is 0 Å². The number of rotatable bonds is 0. The molecule has 0 N–H and O–H groups in total. The van der Waals surface area contributed by atoms with Crippen molar-refractivity contribution in [1.29, 1.82) is 0 Å². The molecule has 1 fully saturated rings. The highest BCUT2D eigenvalue weighted by molar-refractivity contribution is 9.11. The molecule has 2 rings (SSSR count). The van der Waals surface area contributed by atoms with Gasteiger partial charge in [-0.05, 0) is 49.7 Å². The minimum absolute atomic E-state index is 0.833. The molecule has 0 unspecified atom stereocenters. The Bertz CT molecular complexity index is 200. The summed E-state index contributed by atoms with van der Waals surface area (Å²) in [5.74, 6) is 0.920. The molecule has 1 saturated heterocycles. The first-order valence-corrected chi connectivity index (χ1v) is 5.61. The van der Waals surface area contributed by atoms with Gasteiger partial charge in [-0.1, -0.05) is 22.0 Å². The minimum Gasteiger partial charge on any atom is -0.303 e. The second kappa shape index (κ2) is 3.51. The van der Waals surface area contributed by atoms with Crippen LogP contribution in [0.1, 0.15) is 25.7 Å². The van der Waals surface area contributed by atoms with Crippen molar-refractivity contribution in [3.8, 4) is 0 Å². The molecule has 0 spiro atoms. The van der Waals surface area contributed by atoms with Gasteiger partial charge in [0, 0.05) is 6.04 Å². The summed E-state index contributed by atoms with van der Waals surface area (Å²) >= 11 is 3.61. The number of halogens is 1. The molecule has 1 aliphatic heterocycles. The third-order valence-electron chi connectivity index (χ3n) is 3.23. The summed E-state index contributed by atoms with van der Waals surface area (Å²) in [4.78, 5) is 2.53. The van der Waals surface area contributed by atoms with Crippen molar-refractivity contribution < 1.29 is 0 Å². The zero-order chi connectivity index (χ0) is 8.55. The van der Waals surface area contributed by atoms with Crippen LogP contribution in [0.15, 0.2) is 10.6 Å². The van der Waals surface area contributed by atoms with Gasteiger partial charge in [0.15, 0.2) is 0 Å². The number of fused-ring (bicyclic) bond motifs is 1. The summed E-state index contributed by atoms with van der Waals surface area (Å²) in [6.45, 7) is 1.30. The van der Waals surface area contributed by atoms with Crippen LogP contribution in [0.3, 0.4) is 0 Å². The standard InChI is InChI=1S/C10H16BrN/c1-12-6-2-3-8-7-9(11)4-5-10(8)12/h4,8,10H,2-3,5-7H2,1H3/t8-,10+/m1/s1. The third kappa shape index (κ3) is 1.60. The maximum atomic E-state index is 3.61. The van der Waals surface area contributed by atoms with Crippen molar-refractivity contribution in [2.45, 2.75) is 31.7 Å². The smallest absolute Gasteiger partial charge is 0.0159 e. The zero-order valence-corrected chi connectivity index (χ0v) is 9.18. The van der Waals surface area contributed by atoms with E-state index in [9.17, 15) is 0 Å². The van der Waals surface area contributed by atoms with Crippen LogP contribution in [0.2, 0.25) is 0 Å². The van der Waals surface area contributed by atoms with Crippen LogP contribution in [0, 0.1) is 5.92 Å². The molecular formula is C10H16BrN. The highest BCUT2D eigenvalue weighted by atomic mass is 79.9. The van der Waals surface area contributed by atoms with Crippen LogP contribution in [0.5, 0.6) is 0 Å². The fourth-order valence-corrected chi connectivity index (χ4v) is 3.12. The molecule has 1 nitrogen and oxygen atoms in total. The van der Waals surface area contributed by atoms with E-state index in [1.807, 2.05) is 0 Å². The first-order valence-electron chi connectivity index (χ1n) is 4.82. The van der Waals surface area contributed by atoms with Crippen LogP contribution in [0.4, 0.5) is 0 Å². The average molecular weight is 230 g/mol. The molecule has 0 bridgehead atoms. The second-order valence-corrected chi connectivity index (χ2v) is 5.06. The van der Waals surface area contributed by atoms with Gasteiger partial charge in [0.1, 0.15) is 0 Å². The number of hydrogen-bond acceptors (Lipinski definition) is 1. The van der Waals surface area contributed by atoms with Gasteiger partial charge in [-0.25, -0.2) is 0 Å². The van der Waals surface area contributed by atoms with Gasteiger partial charge < -0.3 is 4.90 Å². The Morgan fingerprint density at radius 3 is 3.25 bits per heavy atom. The Hall–Kier alpha value is 0.180. The minimum atomic E-state index is 0.833. The number of hydrogen-bond donors (Lipinski definition) is 0. The second-order valence-electron chi connectivity index (χ2n) is 4.04. The molecule has 68 valence electrons. The summed E-state index contributed by atoms with van der Waals surface area (Å²) in [5.41, 5.74) is 0. The molecule has 2 aliphatic rings. The molecule has 0 saturated carbocycles. The lowest BCUT2D eigenvalue weighted by Crippen LogP contribution is -2.43. The van der Waals surface area contributed by atoms with Gasteiger partial charge in [-0.3, -0.25) is 0 Å². The van der Waals surface area contributed by atoms with Crippen molar-refractivity contribution >= 4 is 15.9 Å².